The largest absolute Gasteiger partial charge is 0.305 e. The van der Waals surface area contributed by atoms with Gasteiger partial charge in [-0.3, -0.25) is 4.68 Å². The van der Waals surface area contributed by atoms with Crippen molar-refractivity contribution in [2.75, 3.05) is 6.54 Å². The summed E-state index contributed by atoms with van der Waals surface area (Å²) in [6.07, 6.45) is 2.89. The number of rotatable bonds is 6. The first-order valence-electron chi connectivity index (χ1n) is 6.87. The lowest BCUT2D eigenvalue weighted by Crippen LogP contribution is -2.25. The van der Waals surface area contributed by atoms with Crippen molar-refractivity contribution in [3.8, 4) is 0 Å². The Hall–Kier alpha value is -1.03. The van der Waals surface area contributed by atoms with Crippen molar-refractivity contribution in [1.82, 2.24) is 15.1 Å². The van der Waals surface area contributed by atoms with Gasteiger partial charge in [0.25, 0.3) is 0 Å². The highest BCUT2D eigenvalue weighted by molar-refractivity contribution is 6.42. The maximum atomic E-state index is 6.14. The van der Waals surface area contributed by atoms with Crippen LogP contribution in [-0.4, -0.2) is 16.3 Å². The standard InChI is InChI=1S/C15H19Cl2N3/c1-3-9-20-14(7-8-19-20)15(18-4-2)11-5-6-12(16)13(17)10-11/h5-8,10,15,18H,3-4,9H2,1-2H3. The average Bonchev–Trinajstić information content (AvgIpc) is 2.88. The van der Waals surface area contributed by atoms with E-state index < -0.39 is 0 Å². The molecule has 0 spiro atoms. The van der Waals surface area contributed by atoms with Crippen molar-refractivity contribution in [3.05, 3.63) is 51.8 Å². The van der Waals surface area contributed by atoms with Gasteiger partial charge in [0.15, 0.2) is 0 Å². The lowest BCUT2D eigenvalue weighted by Gasteiger charge is -2.20. The zero-order valence-electron chi connectivity index (χ0n) is 11.7. The number of aryl methyl sites for hydroxylation is 1. The van der Waals surface area contributed by atoms with Crippen LogP contribution in [0.4, 0.5) is 0 Å². The van der Waals surface area contributed by atoms with Crippen molar-refractivity contribution in [2.45, 2.75) is 32.9 Å². The Kier molecular flexibility index (Phi) is 5.46. The van der Waals surface area contributed by atoms with Crippen LogP contribution in [0.5, 0.6) is 0 Å². The molecule has 1 heterocycles. The summed E-state index contributed by atoms with van der Waals surface area (Å²) in [4.78, 5) is 0. The molecule has 0 radical (unpaired) electrons. The summed E-state index contributed by atoms with van der Waals surface area (Å²) in [6.45, 7) is 6.01. The molecule has 1 N–H and O–H groups in total. The van der Waals surface area contributed by atoms with Crippen molar-refractivity contribution in [1.29, 1.82) is 0 Å². The fraction of sp³-hybridized carbons (Fsp3) is 0.400. The highest BCUT2D eigenvalue weighted by atomic mass is 35.5. The Balaban J connectivity index is 2.39. The molecule has 0 aliphatic heterocycles. The number of nitrogens with one attached hydrogen (secondary N) is 1. The Morgan fingerprint density at radius 1 is 1.20 bits per heavy atom. The van der Waals surface area contributed by atoms with Crippen molar-refractivity contribution in [3.63, 3.8) is 0 Å². The van der Waals surface area contributed by atoms with Gasteiger partial charge >= 0.3 is 0 Å². The van der Waals surface area contributed by atoms with Crippen LogP contribution in [0.1, 0.15) is 37.6 Å². The quantitative estimate of drug-likeness (QED) is 0.862. The summed E-state index contributed by atoms with van der Waals surface area (Å²) < 4.78 is 2.04. The predicted molar refractivity (Wildman–Crippen MR) is 84.5 cm³/mol. The molecule has 0 amide bonds. The molecule has 20 heavy (non-hydrogen) atoms. The van der Waals surface area contributed by atoms with E-state index in [0.29, 0.717) is 10.0 Å². The monoisotopic (exact) mass is 311 g/mol. The first kappa shape index (κ1) is 15.4. The number of hydrogen-bond donors (Lipinski definition) is 1. The predicted octanol–water partition coefficient (Wildman–Crippen LogP) is 4.30. The third-order valence-corrected chi connectivity index (χ3v) is 3.90. The molecule has 1 atom stereocenters. The fourth-order valence-electron chi connectivity index (χ4n) is 2.28. The number of nitrogens with zero attached hydrogens (tertiary/aromatic N) is 2. The van der Waals surface area contributed by atoms with E-state index in [2.05, 4.69) is 24.3 Å². The van der Waals surface area contributed by atoms with Crippen molar-refractivity contribution >= 4 is 23.2 Å². The number of hydrogen-bond acceptors (Lipinski definition) is 2. The Morgan fingerprint density at radius 3 is 2.65 bits per heavy atom. The molecule has 1 unspecified atom stereocenters. The van der Waals surface area contributed by atoms with Crippen LogP contribution in [0.25, 0.3) is 0 Å². The van der Waals surface area contributed by atoms with E-state index in [1.54, 1.807) is 0 Å². The fourth-order valence-corrected chi connectivity index (χ4v) is 2.58. The third kappa shape index (κ3) is 3.35. The van der Waals surface area contributed by atoms with Gasteiger partial charge in [-0.05, 0) is 36.7 Å². The number of aromatic nitrogens is 2. The van der Waals surface area contributed by atoms with Gasteiger partial charge in [0, 0.05) is 12.7 Å². The average molecular weight is 312 g/mol. The van der Waals surface area contributed by atoms with E-state index in [-0.39, 0.29) is 6.04 Å². The Labute approximate surface area is 129 Å². The van der Waals surface area contributed by atoms with Crippen molar-refractivity contribution in [2.24, 2.45) is 0 Å². The first-order chi connectivity index (χ1) is 9.67. The van der Waals surface area contributed by atoms with Crippen molar-refractivity contribution < 1.29 is 0 Å². The Morgan fingerprint density at radius 2 is 2.00 bits per heavy atom. The van der Waals surface area contributed by atoms with Gasteiger partial charge in [-0.2, -0.15) is 5.10 Å². The zero-order chi connectivity index (χ0) is 14.5. The van der Waals surface area contributed by atoms with E-state index in [4.69, 9.17) is 23.2 Å². The molecule has 3 nitrogen and oxygen atoms in total. The van der Waals surface area contributed by atoms with Gasteiger partial charge < -0.3 is 5.32 Å². The van der Waals surface area contributed by atoms with Gasteiger partial charge in [0.2, 0.25) is 0 Å². The number of halogens is 2. The maximum Gasteiger partial charge on any atom is 0.0748 e. The minimum absolute atomic E-state index is 0.0730. The van der Waals surface area contributed by atoms with Crippen LogP contribution in [0.15, 0.2) is 30.5 Å². The van der Waals surface area contributed by atoms with Gasteiger partial charge in [0.05, 0.1) is 21.8 Å². The van der Waals surface area contributed by atoms with Crippen LogP contribution < -0.4 is 5.32 Å². The second-order valence-electron chi connectivity index (χ2n) is 4.64. The molecule has 0 fully saturated rings. The van der Waals surface area contributed by atoms with E-state index in [0.717, 1.165) is 30.8 Å². The van der Waals surface area contributed by atoms with Gasteiger partial charge in [-0.25, -0.2) is 0 Å². The summed E-state index contributed by atoms with van der Waals surface area (Å²) in [5, 5.41) is 9.03. The molecule has 2 aromatic rings. The minimum Gasteiger partial charge on any atom is -0.305 e. The highest BCUT2D eigenvalue weighted by Gasteiger charge is 2.18. The van der Waals surface area contributed by atoms with E-state index >= 15 is 0 Å². The van der Waals surface area contributed by atoms with E-state index in [1.165, 1.54) is 0 Å². The summed E-state index contributed by atoms with van der Waals surface area (Å²) in [5.41, 5.74) is 2.24. The van der Waals surface area contributed by atoms with Crippen LogP contribution in [0.2, 0.25) is 10.0 Å². The smallest absolute Gasteiger partial charge is 0.0748 e. The molecule has 5 heteroatoms. The van der Waals surface area contributed by atoms with Crippen LogP contribution in [0, 0.1) is 0 Å². The van der Waals surface area contributed by atoms with E-state index in [9.17, 15) is 0 Å². The molecule has 1 aromatic heterocycles. The summed E-state index contributed by atoms with van der Waals surface area (Å²) >= 11 is 12.1. The lowest BCUT2D eigenvalue weighted by atomic mass is 10.0. The lowest BCUT2D eigenvalue weighted by molar-refractivity contribution is 0.520. The topological polar surface area (TPSA) is 29.9 Å². The summed E-state index contributed by atoms with van der Waals surface area (Å²) in [6, 6.07) is 7.88. The second kappa shape index (κ2) is 7.11. The summed E-state index contributed by atoms with van der Waals surface area (Å²) in [5.74, 6) is 0. The van der Waals surface area contributed by atoms with Gasteiger partial charge in [0.1, 0.15) is 0 Å². The molecule has 0 saturated carbocycles. The molecule has 108 valence electrons. The molecule has 2 rings (SSSR count). The minimum atomic E-state index is 0.0730. The van der Waals surface area contributed by atoms with E-state index in [1.807, 2.05) is 35.1 Å². The molecular weight excluding hydrogens is 293 g/mol. The third-order valence-electron chi connectivity index (χ3n) is 3.17. The number of benzene rings is 1. The van der Waals surface area contributed by atoms with Crippen LogP contribution in [0.3, 0.4) is 0 Å². The molecule has 0 bridgehead atoms. The second-order valence-corrected chi connectivity index (χ2v) is 5.46. The molecular formula is C15H19Cl2N3. The SMILES string of the molecule is CCCn1nccc1C(NCC)c1ccc(Cl)c(Cl)c1. The molecule has 0 saturated heterocycles. The molecule has 0 aliphatic rings. The maximum absolute atomic E-state index is 6.14. The normalized spacial score (nSPS) is 12.6. The summed E-state index contributed by atoms with van der Waals surface area (Å²) in [7, 11) is 0. The molecule has 0 aliphatic carbocycles. The zero-order valence-corrected chi connectivity index (χ0v) is 13.2. The van der Waals surface area contributed by atoms with Gasteiger partial charge in [-0.1, -0.05) is 43.1 Å². The first-order valence-corrected chi connectivity index (χ1v) is 7.63. The van der Waals surface area contributed by atoms with Crippen LogP contribution in [-0.2, 0) is 6.54 Å². The van der Waals surface area contributed by atoms with Crippen LogP contribution >= 0.6 is 23.2 Å². The highest BCUT2D eigenvalue weighted by Crippen LogP contribution is 2.28. The van der Waals surface area contributed by atoms with Gasteiger partial charge in [-0.15, -0.1) is 0 Å². The molecule has 1 aromatic carbocycles. The Bertz CT molecular complexity index is 566.